The molecule has 0 fully saturated rings. The number of nitrogens with zero attached hydrogens (tertiary/aromatic N) is 4. The fraction of sp³-hybridized carbons (Fsp3) is 0.381. The summed E-state index contributed by atoms with van der Waals surface area (Å²) in [6, 6.07) is 7.23. The third-order valence-corrected chi connectivity index (χ3v) is 4.79. The molecule has 0 aliphatic heterocycles. The lowest BCUT2D eigenvalue weighted by Crippen LogP contribution is -2.34. The van der Waals surface area contributed by atoms with E-state index in [1.807, 2.05) is 30.5 Å². The van der Waals surface area contributed by atoms with Crippen molar-refractivity contribution in [1.29, 1.82) is 0 Å². The molecule has 154 valence electrons. The lowest BCUT2D eigenvalue weighted by molar-refractivity contribution is -0.118. The quantitative estimate of drug-likeness (QED) is 0.637. The first kappa shape index (κ1) is 20.4. The lowest BCUT2D eigenvalue weighted by Gasteiger charge is -2.24. The van der Waals surface area contributed by atoms with E-state index in [-0.39, 0.29) is 11.7 Å². The van der Waals surface area contributed by atoms with E-state index in [4.69, 9.17) is 14.8 Å². The average molecular weight is 397 g/mol. The van der Waals surface area contributed by atoms with Gasteiger partial charge in [0.15, 0.2) is 17.1 Å². The predicted octanol–water partition coefficient (Wildman–Crippen LogP) is 2.69. The molecule has 0 saturated heterocycles. The number of ether oxygens (including phenoxy) is 1. The van der Waals surface area contributed by atoms with Gasteiger partial charge >= 0.3 is 0 Å². The number of rotatable bonds is 7. The number of aromatic hydroxyl groups is 1. The van der Waals surface area contributed by atoms with Crippen molar-refractivity contribution in [3.63, 3.8) is 0 Å². The van der Waals surface area contributed by atoms with Crippen LogP contribution in [0.4, 0.5) is 5.69 Å². The first-order valence-corrected chi connectivity index (χ1v) is 9.59. The number of anilines is 1. The molecule has 0 unspecified atom stereocenters. The van der Waals surface area contributed by atoms with Gasteiger partial charge in [0.05, 0.1) is 29.9 Å². The zero-order valence-corrected chi connectivity index (χ0v) is 17.5. The molecule has 0 aliphatic rings. The van der Waals surface area contributed by atoms with Gasteiger partial charge in [-0.05, 0) is 45.0 Å². The Bertz CT molecular complexity index is 1040. The molecule has 1 aromatic carbocycles. The van der Waals surface area contributed by atoms with Crippen LogP contribution in [-0.4, -0.2) is 52.4 Å². The van der Waals surface area contributed by atoms with Crippen molar-refractivity contribution in [3.8, 4) is 22.8 Å². The number of fused-ring (bicyclic) bond motifs is 1. The number of methoxy groups -OCH3 is 1. The van der Waals surface area contributed by atoms with Crippen molar-refractivity contribution in [3.05, 3.63) is 35.7 Å². The van der Waals surface area contributed by atoms with Crippen LogP contribution < -0.4 is 15.0 Å². The number of phenols is 1. The van der Waals surface area contributed by atoms with E-state index in [2.05, 4.69) is 17.1 Å². The van der Waals surface area contributed by atoms with E-state index in [0.29, 0.717) is 18.8 Å². The number of hydrogen-bond acceptors (Lipinski definition) is 6. The fourth-order valence-corrected chi connectivity index (χ4v) is 3.44. The zero-order chi connectivity index (χ0) is 21.1. The van der Waals surface area contributed by atoms with E-state index in [0.717, 1.165) is 40.5 Å². The van der Waals surface area contributed by atoms with Crippen molar-refractivity contribution in [2.45, 2.75) is 27.7 Å². The monoisotopic (exact) mass is 397 g/mol. The van der Waals surface area contributed by atoms with Gasteiger partial charge in [-0.2, -0.15) is 5.10 Å². The smallest absolute Gasteiger partial charge is 0.216 e. The standard InChI is InChI=1S/C21H27N5O3/c1-6-25(10-9-22-15(4)27)17-11-13(2)24-26-20(14(3)23-21(17)26)16-7-8-18(28)19(12-16)29-5/h7-8,11-12,28H,6,9-10H2,1-5H3,(H,22,27). The van der Waals surface area contributed by atoms with Crippen molar-refractivity contribution < 1.29 is 14.6 Å². The van der Waals surface area contributed by atoms with Crippen molar-refractivity contribution in [2.24, 2.45) is 0 Å². The summed E-state index contributed by atoms with van der Waals surface area (Å²) in [7, 11) is 1.52. The van der Waals surface area contributed by atoms with Gasteiger partial charge in [0.25, 0.3) is 0 Å². The molecule has 0 spiro atoms. The van der Waals surface area contributed by atoms with Gasteiger partial charge in [-0.3, -0.25) is 4.79 Å². The molecule has 0 saturated carbocycles. The largest absolute Gasteiger partial charge is 0.504 e. The Balaban J connectivity index is 2.11. The Kier molecular flexibility index (Phi) is 5.91. The van der Waals surface area contributed by atoms with Crippen LogP contribution in [0.25, 0.3) is 16.9 Å². The molecule has 1 amide bonds. The summed E-state index contributed by atoms with van der Waals surface area (Å²) in [5, 5.41) is 17.5. The molecule has 2 N–H and O–H groups in total. The van der Waals surface area contributed by atoms with Crippen LogP contribution in [0.2, 0.25) is 0 Å². The number of nitrogens with one attached hydrogen (secondary N) is 1. The lowest BCUT2D eigenvalue weighted by atomic mass is 10.1. The summed E-state index contributed by atoms with van der Waals surface area (Å²) >= 11 is 0. The maximum Gasteiger partial charge on any atom is 0.216 e. The fourth-order valence-electron chi connectivity index (χ4n) is 3.44. The van der Waals surface area contributed by atoms with E-state index < -0.39 is 0 Å². The van der Waals surface area contributed by atoms with Crippen LogP contribution in [0.15, 0.2) is 24.3 Å². The minimum absolute atomic E-state index is 0.0441. The number of aromatic nitrogens is 3. The first-order valence-electron chi connectivity index (χ1n) is 9.59. The van der Waals surface area contributed by atoms with Gasteiger partial charge < -0.3 is 20.1 Å². The van der Waals surface area contributed by atoms with Crippen molar-refractivity contribution in [2.75, 3.05) is 31.6 Å². The second-order valence-corrected chi connectivity index (χ2v) is 6.90. The number of phenolic OH excluding ortho intramolecular Hbond substituents is 1. The molecule has 2 heterocycles. The Morgan fingerprint density at radius 2 is 2.07 bits per heavy atom. The summed E-state index contributed by atoms with van der Waals surface area (Å²) in [4.78, 5) is 18.2. The molecular weight excluding hydrogens is 370 g/mol. The Hall–Kier alpha value is -3.29. The van der Waals surface area contributed by atoms with Gasteiger partial charge in [0.2, 0.25) is 5.91 Å². The maximum absolute atomic E-state index is 11.2. The molecule has 0 aliphatic carbocycles. The van der Waals surface area contributed by atoms with Gasteiger partial charge in [0.1, 0.15) is 0 Å². The van der Waals surface area contributed by atoms with Crippen LogP contribution in [0.5, 0.6) is 11.5 Å². The van der Waals surface area contributed by atoms with Crippen molar-refractivity contribution in [1.82, 2.24) is 19.9 Å². The average Bonchev–Trinajstić information content (AvgIpc) is 3.01. The zero-order valence-electron chi connectivity index (χ0n) is 17.5. The highest BCUT2D eigenvalue weighted by atomic mass is 16.5. The molecule has 0 atom stereocenters. The van der Waals surface area contributed by atoms with Gasteiger partial charge in [-0.15, -0.1) is 0 Å². The first-order chi connectivity index (χ1) is 13.8. The maximum atomic E-state index is 11.2. The van der Waals surface area contributed by atoms with E-state index in [1.165, 1.54) is 14.0 Å². The normalized spacial score (nSPS) is 10.9. The number of aryl methyl sites for hydroxylation is 2. The van der Waals surface area contributed by atoms with Crippen LogP contribution in [-0.2, 0) is 4.79 Å². The number of benzene rings is 1. The van der Waals surface area contributed by atoms with Crippen LogP contribution in [0, 0.1) is 13.8 Å². The molecule has 29 heavy (non-hydrogen) atoms. The van der Waals surface area contributed by atoms with Gasteiger partial charge in [-0.25, -0.2) is 9.50 Å². The number of carbonyl (C=O) groups excluding carboxylic acids is 1. The number of carbonyl (C=O) groups is 1. The van der Waals surface area contributed by atoms with E-state index in [1.54, 1.807) is 12.1 Å². The molecule has 8 nitrogen and oxygen atoms in total. The van der Waals surface area contributed by atoms with E-state index >= 15 is 0 Å². The minimum atomic E-state index is -0.0441. The Labute approximate surface area is 170 Å². The predicted molar refractivity (Wildman–Crippen MR) is 113 cm³/mol. The molecule has 2 aromatic heterocycles. The summed E-state index contributed by atoms with van der Waals surface area (Å²) in [6.45, 7) is 9.47. The minimum Gasteiger partial charge on any atom is -0.504 e. The van der Waals surface area contributed by atoms with E-state index in [9.17, 15) is 9.90 Å². The number of hydrogen-bond donors (Lipinski definition) is 2. The number of amides is 1. The highest BCUT2D eigenvalue weighted by Gasteiger charge is 2.19. The summed E-state index contributed by atoms with van der Waals surface area (Å²) in [5.41, 5.74) is 5.10. The van der Waals surface area contributed by atoms with Crippen LogP contribution >= 0.6 is 0 Å². The van der Waals surface area contributed by atoms with Crippen LogP contribution in [0.1, 0.15) is 25.2 Å². The summed E-state index contributed by atoms with van der Waals surface area (Å²) < 4.78 is 7.10. The molecule has 8 heteroatoms. The third kappa shape index (κ3) is 4.11. The molecule has 3 rings (SSSR count). The number of imidazole rings is 1. The Morgan fingerprint density at radius 3 is 2.72 bits per heavy atom. The summed E-state index contributed by atoms with van der Waals surface area (Å²) in [6.07, 6.45) is 0. The number of likely N-dealkylation sites (N-methyl/N-ethyl adjacent to an activating group) is 1. The molecule has 0 radical (unpaired) electrons. The SMILES string of the molecule is CCN(CCNC(C)=O)c1cc(C)nn2c(-c3ccc(O)c(OC)c3)c(C)nc12. The second-order valence-electron chi connectivity index (χ2n) is 6.90. The van der Waals surface area contributed by atoms with Crippen LogP contribution in [0.3, 0.4) is 0 Å². The third-order valence-electron chi connectivity index (χ3n) is 4.79. The van der Waals surface area contributed by atoms with Gasteiger partial charge in [-0.1, -0.05) is 0 Å². The molecule has 3 aromatic rings. The molecular formula is C21H27N5O3. The highest BCUT2D eigenvalue weighted by Crippen LogP contribution is 2.34. The highest BCUT2D eigenvalue weighted by molar-refractivity contribution is 5.77. The van der Waals surface area contributed by atoms with Crippen molar-refractivity contribution >= 4 is 17.2 Å². The topological polar surface area (TPSA) is 92.0 Å². The second kappa shape index (κ2) is 8.38. The summed E-state index contributed by atoms with van der Waals surface area (Å²) in [5.74, 6) is 0.440. The molecule has 0 bridgehead atoms. The Morgan fingerprint density at radius 1 is 1.31 bits per heavy atom. The van der Waals surface area contributed by atoms with Gasteiger partial charge in [0, 0.05) is 32.1 Å².